The van der Waals surface area contributed by atoms with E-state index in [4.69, 9.17) is 4.74 Å². The second-order valence-electron chi connectivity index (χ2n) is 4.05. The Balaban J connectivity index is 2.26. The number of pyridine rings is 1. The van der Waals surface area contributed by atoms with Crippen LogP contribution in [0.15, 0.2) is 41.1 Å². The van der Waals surface area contributed by atoms with Crippen molar-refractivity contribution >= 4 is 27.5 Å². The molecule has 2 rings (SSSR count). The van der Waals surface area contributed by atoms with Crippen LogP contribution in [0.1, 0.15) is 15.9 Å². The molecular weight excluding hydrogens is 308 g/mol. The van der Waals surface area contributed by atoms with Gasteiger partial charge in [0, 0.05) is 16.9 Å². The van der Waals surface area contributed by atoms with Gasteiger partial charge in [-0.25, -0.2) is 0 Å². The van der Waals surface area contributed by atoms with Gasteiger partial charge in [0.05, 0.1) is 18.4 Å². The van der Waals surface area contributed by atoms with E-state index in [2.05, 4.69) is 26.2 Å². The Labute approximate surface area is 119 Å². The number of amides is 1. The largest absolute Gasteiger partial charge is 0.495 e. The Bertz CT molecular complexity index is 614. The second-order valence-corrected chi connectivity index (χ2v) is 4.97. The number of carbonyl (C=O) groups excluding carboxylic acids is 1. The summed E-state index contributed by atoms with van der Waals surface area (Å²) in [5, 5.41) is 2.82. The predicted molar refractivity (Wildman–Crippen MR) is 77.6 cm³/mol. The average Bonchev–Trinajstić information content (AvgIpc) is 2.39. The molecule has 0 saturated carbocycles. The normalized spacial score (nSPS) is 10.1. The molecule has 0 aliphatic carbocycles. The summed E-state index contributed by atoms with van der Waals surface area (Å²) in [5.74, 6) is 0.402. The van der Waals surface area contributed by atoms with Crippen molar-refractivity contribution in [2.24, 2.45) is 0 Å². The summed E-state index contributed by atoms with van der Waals surface area (Å²) >= 11 is 3.29. The number of rotatable bonds is 3. The molecular formula is C14H13BrN2O2. The molecule has 1 aromatic heterocycles. The Morgan fingerprint density at radius 1 is 1.32 bits per heavy atom. The van der Waals surface area contributed by atoms with E-state index < -0.39 is 0 Å². The predicted octanol–water partition coefficient (Wildman–Crippen LogP) is 3.41. The number of nitrogens with zero attached hydrogens (tertiary/aromatic N) is 1. The lowest BCUT2D eigenvalue weighted by Crippen LogP contribution is -2.13. The van der Waals surface area contributed by atoms with Gasteiger partial charge in [-0.2, -0.15) is 0 Å². The van der Waals surface area contributed by atoms with Crippen molar-refractivity contribution in [1.82, 2.24) is 4.98 Å². The van der Waals surface area contributed by atoms with E-state index in [-0.39, 0.29) is 5.91 Å². The number of methoxy groups -OCH3 is 1. The van der Waals surface area contributed by atoms with E-state index in [1.165, 1.54) is 6.20 Å². The smallest absolute Gasteiger partial charge is 0.257 e. The first kappa shape index (κ1) is 13.5. The first-order valence-corrected chi connectivity index (χ1v) is 6.46. The van der Waals surface area contributed by atoms with Crippen LogP contribution in [-0.4, -0.2) is 18.0 Å². The maximum atomic E-state index is 12.1. The number of aromatic nitrogens is 1. The first-order valence-electron chi connectivity index (χ1n) is 5.66. The monoisotopic (exact) mass is 320 g/mol. The standard InChI is InChI=1S/C14H13BrN2O2/c1-9-3-4-13(19-2)12(5-9)17-14(18)10-6-11(15)8-16-7-10/h3-8H,1-2H3,(H,17,18). The fraction of sp³-hybridized carbons (Fsp3) is 0.143. The quantitative estimate of drug-likeness (QED) is 0.942. The Kier molecular flexibility index (Phi) is 4.16. The molecule has 1 N–H and O–H groups in total. The second kappa shape index (κ2) is 5.84. The van der Waals surface area contributed by atoms with Gasteiger partial charge in [0.2, 0.25) is 0 Å². The van der Waals surface area contributed by atoms with Gasteiger partial charge in [0.1, 0.15) is 5.75 Å². The zero-order chi connectivity index (χ0) is 13.8. The zero-order valence-corrected chi connectivity index (χ0v) is 12.2. The molecule has 0 atom stereocenters. The fourth-order valence-electron chi connectivity index (χ4n) is 1.65. The lowest BCUT2D eigenvalue weighted by atomic mass is 10.2. The third-order valence-corrected chi connectivity index (χ3v) is 3.00. The number of aryl methyl sites for hydroxylation is 1. The summed E-state index contributed by atoms with van der Waals surface area (Å²) in [5.41, 5.74) is 2.17. The Morgan fingerprint density at radius 2 is 2.11 bits per heavy atom. The highest BCUT2D eigenvalue weighted by Crippen LogP contribution is 2.25. The zero-order valence-electron chi connectivity index (χ0n) is 10.6. The molecule has 1 heterocycles. The van der Waals surface area contributed by atoms with Crippen molar-refractivity contribution in [3.8, 4) is 5.75 Å². The van der Waals surface area contributed by atoms with E-state index in [1.54, 1.807) is 19.4 Å². The number of nitrogens with one attached hydrogen (secondary N) is 1. The molecule has 98 valence electrons. The number of benzene rings is 1. The van der Waals surface area contributed by atoms with Crippen LogP contribution in [0, 0.1) is 6.92 Å². The SMILES string of the molecule is COc1ccc(C)cc1NC(=O)c1cncc(Br)c1. The Hall–Kier alpha value is -1.88. The highest BCUT2D eigenvalue weighted by atomic mass is 79.9. The number of hydrogen-bond acceptors (Lipinski definition) is 3. The number of hydrogen-bond donors (Lipinski definition) is 1. The van der Waals surface area contributed by atoms with Crippen LogP contribution < -0.4 is 10.1 Å². The molecule has 0 saturated heterocycles. The van der Waals surface area contributed by atoms with Crippen LogP contribution in [0.3, 0.4) is 0 Å². The van der Waals surface area contributed by atoms with Gasteiger partial charge in [0.15, 0.2) is 0 Å². The molecule has 1 aromatic carbocycles. The van der Waals surface area contributed by atoms with Crippen LogP contribution in [0.4, 0.5) is 5.69 Å². The molecule has 0 bridgehead atoms. The lowest BCUT2D eigenvalue weighted by molar-refractivity contribution is 0.102. The minimum atomic E-state index is -0.224. The third-order valence-electron chi connectivity index (χ3n) is 2.57. The molecule has 0 aliphatic heterocycles. The van der Waals surface area contributed by atoms with E-state index in [0.29, 0.717) is 17.0 Å². The van der Waals surface area contributed by atoms with Crippen LogP contribution >= 0.6 is 15.9 Å². The van der Waals surface area contributed by atoms with E-state index in [1.807, 2.05) is 25.1 Å². The molecule has 0 radical (unpaired) electrons. The molecule has 1 amide bonds. The van der Waals surface area contributed by atoms with Crippen LogP contribution in [-0.2, 0) is 0 Å². The van der Waals surface area contributed by atoms with Gasteiger partial charge in [-0.05, 0) is 46.6 Å². The van der Waals surface area contributed by atoms with E-state index in [9.17, 15) is 4.79 Å². The molecule has 0 fully saturated rings. The third kappa shape index (κ3) is 3.32. The summed E-state index contributed by atoms with van der Waals surface area (Å²) in [6.07, 6.45) is 3.15. The lowest BCUT2D eigenvalue weighted by Gasteiger charge is -2.11. The maximum absolute atomic E-state index is 12.1. The van der Waals surface area contributed by atoms with Gasteiger partial charge < -0.3 is 10.1 Å². The van der Waals surface area contributed by atoms with Gasteiger partial charge >= 0.3 is 0 Å². The minimum Gasteiger partial charge on any atom is -0.495 e. The highest BCUT2D eigenvalue weighted by Gasteiger charge is 2.10. The average molecular weight is 321 g/mol. The summed E-state index contributed by atoms with van der Waals surface area (Å²) in [4.78, 5) is 16.1. The minimum absolute atomic E-state index is 0.224. The highest BCUT2D eigenvalue weighted by molar-refractivity contribution is 9.10. The summed E-state index contributed by atoms with van der Waals surface area (Å²) in [6.45, 7) is 1.95. The Morgan fingerprint density at radius 3 is 2.79 bits per heavy atom. The van der Waals surface area contributed by atoms with Gasteiger partial charge in [0.25, 0.3) is 5.91 Å². The van der Waals surface area contributed by atoms with E-state index >= 15 is 0 Å². The summed E-state index contributed by atoms with van der Waals surface area (Å²) in [7, 11) is 1.57. The van der Waals surface area contributed by atoms with E-state index in [0.717, 1.165) is 10.0 Å². The van der Waals surface area contributed by atoms with Crippen LogP contribution in [0.5, 0.6) is 5.75 Å². The summed E-state index contributed by atoms with van der Waals surface area (Å²) < 4.78 is 5.98. The maximum Gasteiger partial charge on any atom is 0.257 e. The number of halogens is 1. The van der Waals surface area contributed by atoms with Crippen molar-refractivity contribution < 1.29 is 9.53 Å². The topological polar surface area (TPSA) is 51.2 Å². The van der Waals surface area contributed by atoms with Crippen molar-refractivity contribution in [2.45, 2.75) is 6.92 Å². The molecule has 2 aromatic rings. The van der Waals surface area contributed by atoms with Crippen LogP contribution in [0.2, 0.25) is 0 Å². The van der Waals surface area contributed by atoms with Crippen molar-refractivity contribution in [2.75, 3.05) is 12.4 Å². The van der Waals surface area contributed by atoms with Gasteiger partial charge in [-0.1, -0.05) is 6.07 Å². The molecule has 4 nitrogen and oxygen atoms in total. The first-order chi connectivity index (χ1) is 9.10. The molecule has 5 heteroatoms. The number of ether oxygens (including phenoxy) is 1. The van der Waals surface area contributed by atoms with Gasteiger partial charge in [-0.15, -0.1) is 0 Å². The molecule has 0 aliphatic rings. The molecule has 0 unspecified atom stereocenters. The van der Waals surface area contributed by atoms with Crippen molar-refractivity contribution in [3.63, 3.8) is 0 Å². The molecule has 19 heavy (non-hydrogen) atoms. The molecule has 0 spiro atoms. The fourth-order valence-corrected chi connectivity index (χ4v) is 2.01. The number of carbonyl (C=O) groups is 1. The number of anilines is 1. The van der Waals surface area contributed by atoms with Gasteiger partial charge in [-0.3, -0.25) is 9.78 Å². The summed E-state index contributed by atoms with van der Waals surface area (Å²) in [6, 6.07) is 7.33. The van der Waals surface area contributed by atoms with Crippen molar-refractivity contribution in [3.05, 3.63) is 52.3 Å². The van der Waals surface area contributed by atoms with Crippen LogP contribution in [0.25, 0.3) is 0 Å². The van der Waals surface area contributed by atoms with Crippen molar-refractivity contribution in [1.29, 1.82) is 0 Å².